The number of ether oxygens (including phenoxy) is 1. The van der Waals surface area contributed by atoms with Crippen molar-refractivity contribution in [2.75, 3.05) is 17.6 Å². The molecule has 25 heteroatoms. The Balaban J connectivity index is 1.32. The summed E-state index contributed by atoms with van der Waals surface area (Å²) in [7, 11) is -2.61. The molecule has 3 unspecified atom stereocenters. The SMILES string of the molecule is Cn1nc(NS(C)(=O)=O)c2c(Cl)ccc(-n3c(C(Cc4cc(F)cc(F)c4)NC(=O)Cn4nc(C(F)F)c5c4C(F)(F)C4CC54)nc4nc(OCCC(F)(F)F)ccc4c3=O)c21. The lowest BCUT2D eigenvalue weighted by Gasteiger charge is -2.24. The fraction of sp³-hybridized carbons (Fsp3) is 0.351. The Labute approximate surface area is 347 Å². The number of nitrogens with zero attached hydrogens (tertiary/aromatic N) is 7. The molecule has 0 radical (unpaired) electrons. The lowest BCUT2D eigenvalue weighted by atomic mass is 10.0. The highest BCUT2D eigenvalue weighted by Crippen LogP contribution is 2.68. The van der Waals surface area contributed by atoms with E-state index in [1.165, 1.54) is 19.2 Å². The van der Waals surface area contributed by atoms with E-state index >= 15 is 8.78 Å². The van der Waals surface area contributed by atoms with Crippen molar-refractivity contribution in [3.8, 4) is 11.6 Å². The Hall–Kier alpha value is -5.91. The van der Waals surface area contributed by atoms with E-state index in [9.17, 15) is 48.7 Å². The van der Waals surface area contributed by atoms with Gasteiger partial charge in [0.2, 0.25) is 21.8 Å². The van der Waals surface area contributed by atoms with Crippen LogP contribution in [-0.2, 0) is 40.8 Å². The number of anilines is 1. The number of alkyl halides is 7. The van der Waals surface area contributed by atoms with Gasteiger partial charge in [-0.25, -0.2) is 31.0 Å². The molecule has 62 heavy (non-hydrogen) atoms. The molecule has 4 aromatic heterocycles. The highest BCUT2D eigenvalue weighted by atomic mass is 35.5. The van der Waals surface area contributed by atoms with Crippen molar-refractivity contribution in [3.05, 3.63) is 97.8 Å². The van der Waals surface area contributed by atoms with Crippen LogP contribution in [0.15, 0.2) is 47.3 Å². The van der Waals surface area contributed by atoms with Gasteiger partial charge in [0.15, 0.2) is 11.5 Å². The van der Waals surface area contributed by atoms with Crippen LogP contribution in [0.1, 0.15) is 59.6 Å². The highest BCUT2D eigenvalue weighted by molar-refractivity contribution is 7.92. The van der Waals surface area contributed by atoms with Gasteiger partial charge in [-0.3, -0.25) is 28.2 Å². The molecule has 328 valence electrons. The first-order valence-electron chi connectivity index (χ1n) is 18.3. The largest absolute Gasteiger partial charge is 0.477 e. The van der Waals surface area contributed by atoms with Gasteiger partial charge in [0.1, 0.15) is 35.4 Å². The number of carbonyl (C=O) groups excluding carboxylic acids is 1. The van der Waals surface area contributed by atoms with E-state index in [0.717, 1.165) is 39.8 Å². The van der Waals surface area contributed by atoms with E-state index < -0.39 is 124 Å². The minimum absolute atomic E-state index is 0.0116. The smallest absolute Gasteiger partial charge is 0.392 e. The monoisotopic (exact) mass is 917 g/mol. The summed E-state index contributed by atoms with van der Waals surface area (Å²) in [6.07, 6.45) is -9.06. The van der Waals surface area contributed by atoms with Crippen LogP contribution in [0.3, 0.4) is 0 Å². The number of hydrogen-bond acceptors (Lipinski definition) is 9. The predicted molar refractivity (Wildman–Crippen MR) is 202 cm³/mol. The third-order valence-corrected chi connectivity index (χ3v) is 11.2. The van der Waals surface area contributed by atoms with Gasteiger partial charge in [-0.05, 0) is 48.2 Å². The number of rotatable bonds is 13. The number of sulfonamides is 1. The Morgan fingerprint density at radius 3 is 2.44 bits per heavy atom. The molecule has 2 aliphatic carbocycles. The lowest BCUT2D eigenvalue weighted by molar-refractivity contribution is -0.139. The first-order valence-corrected chi connectivity index (χ1v) is 20.6. The zero-order valence-electron chi connectivity index (χ0n) is 31.7. The lowest BCUT2D eigenvalue weighted by Crippen LogP contribution is -2.38. The van der Waals surface area contributed by atoms with Gasteiger partial charge >= 0.3 is 6.18 Å². The topological polar surface area (TPSA) is 168 Å². The van der Waals surface area contributed by atoms with Crippen molar-refractivity contribution in [2.45, 2.75) is 56.3 Å². The van der Waals surface area contributed by atoms with Gasteiger partial charge in [0, 0.05) is 37.1 Å². The van der Waals surface area contributed by atoms with Crippen LogP contribution in [-0.4, -0.2) is 67.5 Å². The Bertz CT molecular complexity index is 2970. The molecule has 2 aromatic carbocycles. The number of amides is 1. The highest BCUT2D eigenvalue weighted by Gasteiger charge is 2.67. The van der Waals surface area contributed by atoms with Crippen LogP contribution in [0.4, 0.5) is 45.3 Å². The Morgan fingerprint density at radius 1 is 1.06 bits per heavy atom. The molecule has 6 aromatic rings. The first-order chi connectivity index (χ1) is 29.0. The molecule has 1 saturated carbocycles. The second kappa shape index (κ2) is 15.2. The summed E-state index contributed by atoms with van der Waals surface area (Å²) in [6, 6.07) is 5.39. The number of aryl methyl sites for hydroxylation is 1. The van der Waals surface area contributed by atoms with E-state index in [1.54, 1.807) is 0 Å². The van der Waals surface area contributed by atoms with Gasteiger partial charge in [-0.1, -0.05) is 11.6 Å². The molecule has 1 amide bonds. The minimum atomic E-state index is -4.60. The van der Waals surface area contributed by atoms with E-state index in [2.05, 4.69) is 30.2 Å². The minimum Gasteiger partial charge on any atom is -0.477 e. The second-order valence-electron chi connectivity index (χ2n) is 14.8. The van der Waals surface area contributed by atoms with Crippen molar-refractivity contribution >= 4 is 55.3 Å². The van der Waals surface area contributed by atoms with Gasteiger partial charge in [-0.15, -0.1) is 0 Å². The molecular weight excluding hydrogens is 889 g/mol. The fourth-order valence-corrected chi connectivity index (χ4v) is 8.53. The number of halogens is 10. The molecule has 1 fully saturated rings. The third kappa shape index (κ3) is 7.99. The molecule has 4 heterocycles. The molecular formula is C37H29ClF9N9O5S. The number of benzene rings is 2. The molecule has 8 rings (SSSR count). The van der Waals surface area contributed by atoms with E-state index in [0.29, 0.717) is 10.7 Å². The van der Waals surface area contributed by atoms with Crippen LogP contribution in [0.25, 0.3) is 27.6 Å². The normalized spacial score (nSPS) is 17.4. The van der Waals surface area contributed by atoms with E-state index in [-0.39, 0.29) is 50.4 Å². The van der Waals surface area contributed by atoms with Gasteiger partial charge in [0.05, 0.1) is 52.3 Å². The van der Waals surface area contributed by atoms with Gasteiger partial charge in [0.25, 0.3) is 17.9 Å². The first kappa shape index (κ1) is 42.8. The number of carbonyl (C=O) groups is 1. The van der Waals surface area contributed by atoms with Crippen LogP contribution in [0.2, 0.25) is 5.02 Å². The zero-order chi connectivity index (χ0) is 44.8. The fourth-order valence-electron chi connectivity index (χ4n) is 7.80. The summed E-state index contributed by atoms with van der Waals surface area (Å²) in [6.45, 7) is -1.97. The number of aromatic nitrogens is 7. The Kier molecular flexibility index (Phi) is 10.5. The molecule has 3 atom stereocenters. The van der Waals surface area contributed by atoms with E-state index in [1.807, 2.05) is 0 Å². The molecule has 0 bridgehead atoms. The Morgan fingerprint density at radius 2 is 1.77 bits per heavy atom. The summed E-state index contributed by atoms with van der Waals surface area (Å²) >= 11 is 6.54. The number of nitrogens with one attached hydrogen (secondary N) is 2. The maximum absolute atomic E-state index is 15.5. The molecule has 0 saturated heterocycles. The maximum Gasteiger partial charge on any atom is 0.392 e. The quantitative estimate of drug-likeness (QED) is 0.119. The average molecular weight is 918 g/mol. The van der Waals surface area contributed by atoms with Crippen LogP contribution in [0, 0.1) is 17.6 Å². The van der Waals surface area contributed by atoms with Crippen molar-refractivity contribution in [2.24, 2.45) is 13.0 Å². The number of hydrogen-bond donors (Lipinski definition) is 2. The van der Waals surface area contributed by atoms with E-state index in [4.69, 9.17) is 16.3 Å². The van der Waals surface area contributed by atoms with Crippen molar-refractivity contribution in [1.29, 1.82) is 0 Å². The number of pyridine rings is 1. The van der Waals surface area contributed by atoms with Crippen molar-refractivity contribution < 1.29 is 57.5 Å². The van der Waals surface area contributed by atoms with Crippen LogP contribution < -0.4 is 20.3 Å². The zero-order valence-corrected chi connectivity index (χ0v) is 33.3. The van der Waals surface area contributed by atoms with Crippen molar-refractivity contribution in [3.63, 3.8) is 0 Å². The van der Waals surface area contributed by atoms with Gasteiger partial charge < -0.3 is 10.1 Å². The molecule has 0 aliphatic heterocycles. The predicted octanol–water partition coefficient (Wildman–Crippen LogP) is 6.74. The van der Waals surface area contributed by atoms with Gasteiger partial charge in [-0.2, -0.15) is 37.1 Å². The third-order valence-electron chi connectivity index (χ3n) is 10.3. The summed E-state index contributed by atoms with van der Waals surface area (Å²) in [4.78, 5) is 37.4. The van der Waals surface area contributed by atoms with Crippen LogP contribution >= 0.6 is 11.6 Å². The molecule has 0 spiro atoms. The molecule has 2 N–H and O–H groups in total. The summed E-state index contributed by atoms with van der Waals surface area (Å²) < 4.78 is 162. The second-order valence-corrected chi connectivity index (χ2v) is 16.9. The molecule has 14 nitrogen and oxygen atoms in total. The standard InChI is InChI=1S/C37H29ClF9N9O5S/c1-54-29-23(5-4-21(38)27(29)33(52-54)53-62(2,59)60)56-34(50-32-18(35(56)58)3-6-25(49-32)61-8-7-36(43,44)45)22(11-15-9-16(39)12-17(40)10-15)48-24(57)14-55-30-26(28(51-55)31(41)42)19-13-20(19)37(30,46)47/h3-6,9-10,12,19-20,22,31H,7-8,11,13-14H2,1-2H3,(H,48,57)(H,52,53). The summed E-state index contributed by atoms with van der Waals surface area (Å²) in [5.74, 6) is -10.2. The van der Waals surface area contributed by atoms with Crippen molar-refractivity contribution in [1.82, 2.24) is 39.4 Å². The summed E-state index contributed by atoms with van der Waals surface area (Å²) in [5, 5.41) is 10.0. The van der Waals surface area contributed by atoms with Crippen LogP contribution in [0.5, 0.6) is 5.88 Å². The summed E-state index contributed by atoms with van der Waals surface area (Å²) in [5.41, 5.74) is -3.87. The number of fused-ring (bicyclic) bond motifs is 5. The maximum atomic E-state index is 15.5. The molecule has 2 aliphatic rings. The average Bonchev–Trinajstić information content (AvgIpc) is 3.69.